The smallest absolute Gasteiger partial charge is 0.253 e. The Kier molecular flexibility index (Phi) is 5.51. The van der Waals surface area contributed by atoms with E-state index >= 15 is 0 Å². The molecule has 0 radical (unpaired) electrons. The van der Waals surface area contributed by atoms with Crippen LogP contribution in [0, 0.1) is 0 Å². The lowest BCUT2D eigenvalue weighted by molar-refractivity contribution is 0.0931. The van der Waals surface area contributed by atoms with Crippen LogP contribution in [0.25, 0.3) is 0 Å². The summed E-state index contributed by atoms with van der Waals surface area (Å²) in [6, 6.07) is 7.10. The minimum absolute atomic E-state index is 0.148. The van der Waals surface area contributed by atoms with Crippen molar-refractivity contribution in [3.63, 3.8) is 0 Å². The second-order valence-electron chi connectivity index (χ2n) is 5.24. The Hall–Kier alpha value is -1.93. The molecule has 0 spiro atoms. The van der Waals surface area contributed by atoms with Gasteiger partial charge in [0.1, 0.15) is 0 Å². The Morgan fingerprint density at radius 2 is 1.75 bits per heavy atom. The SMILES string of the molecule is O=C=Nc1ccccc1C(=O)NC1CCCCCCC1. The molecular weight excluding hydrogens is 252 g/mol. The zero-order valence-electron chi connectivity index (χ0n) is 11.6. The van der Waals surface area contributed by atoms with Gasteiger partial charge >= 0.3 is 0 Å². The zero-order chi connectivity index (χ0) is 14.2. The van der Waals surface area contributed by atoms with Gasteiger partial charge in [0.05, 0.1) is 11.3 Å². The molecule has 2 rings (SSSR count). The van der Waals surface area contributed by atoms with Crippen LogP contribution in [0.1, 0.15) is 55.3 Å². The average Bonchev–Trinajstić information content (AvgIpc) is 2.42. The average molecular weight is 272 g/mol. The van der Waals surface area contributed by atoms with Gasteiger partial charge in [0, 0.05) is 6.04 Å². The summed E-state index contributed by atoms with van der Waals surface area (Å²) in [7, 11) is 0. The molecule has 106 valence electrons. The van der Waals surface area contributed by atoms with Crippen LogP contribution in [0.4, 0.5) is 5.69 Å². The second kappa shape index (κ2) is 7.61. The van der Waals surface area contributed by atoms with Gasteiger partial charge < -0.3 is 5.32 Å². The molecule has 0 heterocycles. The zero-order valence-corrected chi connectivity index (χ0v) is 11.6. The number of carbonyl (C=O) groups excluding carboxylic acids is 2. The number of amides is 1. The van der Waals surface area contributed by atoms with Crippen molar-refractivity contribution in [2.24, 2.45) is 4.99 Å². The normalized spacial score (nSPS) is 16.6. The van der Waals surface area contributed by atoms with Gasteiger partial charge in [-0.25, -0.2) is 4.79 Å². The number of isocyanates is 1. The van der Waals surface area contributed by atoms with Crippen molar-refractivity contribution in [3.8, 4) is 0 Å². The van der Waals surface area contributed by atoms with Crippen LogP contribution in [-0.4, -0.2) is 18.0 Å². The van der Waals surface area contributed by atoms with Crippen LogP contribution in [0.3, 0.4) is 0 Å². The van der Waals surface area contributed by atoms with E-state index in [0.29, 0.717) is 11.3 Å². The summed E-state index contributed by atoms with van der Waals surface area (Å²) in [6.07, 6.45) is 9.69. The number of nitrogens with one attached hydrogen (secondary N) is 1. The molecule has 1 amide bonds. The van der Waals surface area contributed by atoms with Crippen molar-refractivity contribution >= 4 is 17.7 Å². The van der Waals surface area contributed by atoms with E-state index in [1.54, 1.807) is 24.3 Å². The number of rotatable bonds is 3. The molecule has 1 saturated carbocycles. The molecule has 0 bridgehead atoms. The van der Waals surface area contributed by atoms with Crippen molar-refractivity contribution in [3.05, 3.63) is 29.8 Å². The minimum Gasteiger partial charge on any atom is -0.349 e. The molecule has 1 aromatic rings. The predicted molar refractivity (Wildman–Crippen MR) is 77.8 cm³/mol. The maximum Gasteiger partial charge on any atom is 0.253 e. The molecular formula is C16H20N2O2. The Labute approximate surface area is 119 Å². The van der Waals surface area contributed by atoms with Crippen LogP contribution in [0.2, 0.25) is 0 Å². The molecule has 1 aliphatic carbocycles. The molecule has 4 heteroatoms. The lowest BCUT2D eigenvalue weighted by atomic mass is 9.96. The quantitative estimate of drug-likeness (QED) is 0.676. The van der Waals surface area contributed by atoms with Crippen molar-refractivity contribution < 1.29 is 9.59 Å². The van der Waals surface area contributed by atoms with Crippen molar-refractivity contribution in [2.45, 2.75) is 51.0 Å². The molecule has 1 N–H and O–H groups in total. The summed E-state index contributed by atoms with van der Waals surface area (Å²) in [5.74, 6) is -0.148. The fourth-order valence-corrected chi connectivity index (χ4v) is 2.68. The summed E-state index contributed by atoms with van der Waals surface area (Å²) in [5, 5.41) is 3.07. The van der Waals surface area contributed by atoms with E-state index in [4.69, 9.17) is 0 Å². The van der Waals surface area contributed by atoms with E-state index in [1.165, 1.54) is 38.2 Å². The lowest BCUT2D eigenvalue weighted by Crippen LogP contribution is -2.35. The monoisotopic (exact) mass is 272 g/mol. The molecule has 4 nitrogen and oxygen atoms in total. The first kappa shape index (κ1) is 14.5. The Morgan fingerprint density at radius 1 is 1.10 bits per heavy atom. The highest BCUT2D eigenvalue weighted by Gasteiger charge is 2.17. The lowest BCUT2D eigenvalue weighted by Gasteiger charge is -2.21. The number of carbonyl (C=O) groups is 1. The molecule has 0 aliphatic heterocycles. The van der Waals surface area contributed by atoms with Crippen molar-refractivity contribution in [1.82, 2.24) is 5.32 Å². The van der Waals surface area contributed by atoms with E-state index in [9.17, 15) is 9.59 Å². The minimum atomic E-state index is -0.148. The topological polar surface area (TPSA) is 58.5 Å². The number of aliphatic imine (C=N–C) groups is 1. The van der Waals surface area contributed by atoms with Gasteiger partial charge in [0.2, 0.25) is 6.08 Å². The van der Waals surface area contributed by atoms with Gasteiger partial charge in [-0.3, -0.25) is 4.79 Å². The highest BCUT2D eigenvalue weighted by atomic mass is 16.1. The first-order valence-corrected chi connectivity index (χ1v) is 7.29. The largest absolute Gasteiger partial charge is 0.349 e. The number of nitrogens with zero attached hydrogens (tertiary/aromatic N) is 1. The summed E-state index contributed by atoms with van der Waals surface area (Å²) in [5.41, 5.74) is 0.823. The maximum absolute atomic E-state index is 12.3. The van der Waals surface area contributed by atoms with Gasteiger partial charge in [-0.1, -0.05) is 44.2 Å². The summed E-state index contributed by atoms with van der Waals surface area (Å²) in [4.78, 5) is 26.3. The van der Waals surface area contributed by atoms with Crippen LogP contribution < -0.4 is 5.32 Å². The third-order valence-corrected chi connectivity index (χ3v) is 3.76. The highest BCUT2D eigenvalue weighted by Crippen LogP contribution is 2.20. The van der Waals surface area contributed by atoms with Gasteiger partial charge in [-0.2, -0.15) is 4.99 Å². The van der Waals surface area contributed by atoms with E-state index in [2.05, 4.69) is 10.3 Å². The maximum atomic E-state index is 12.3. The first-order valence-electron chi connectivity index (χ1n) is 7.29. The molecule has 0 aromatic heterocycles. The third kappa shape index (κ3) is 4.04. The standard InChI is InChI=1S/C16H20N2O2/c19-12-17-15-11-7-6-10-14(15)16(20)18-13-8-4-2-1-3-5-9-13/h6-7,10-11,13H,1-5,8-9H2,(H,18,20). The number of hydrogen-bond acceptors (Lipinski definition) is 3. The number of hydrogen-bond donors (Lipinski definition) is 1. The van der Waals surface area contributed by atoms with E-state index in [1.807, 2.05) is 0 Å². The molecule has 0 atom stereocenters. The molecule has 1 aromatic carbocycles. The fraction of sp³-hybridized carbons (Fsp3) is 0.500. The van der Waals surface area contributed by atoms with Crippen molar-refractivity contribution in [2.75, 3.05) is 0 Å². The molecule has 1 fully saturated rings. The van der Waals surface area contributed by atoms with E-state index in [0.717, 1.165) is 12.8 Å². The van der Waals surface area contributed by atoms with Crippen molar-refractivity contribution in [1.29, 1.82) is 0 Å². The summed E-state index contributed by atoms with van der Waals surface area (Å²) < 4.78 is 0. The summed E-state index contributed by atoms with van der Waals surface area (Å²) in [6.45, 7) is 0. The molecule has 20 heavy (non-hydrogen) atoms. The highest BCUT2D eigenvalue weighted by molar-refractivity contribution is 5.99. The molecule has 0 saturated heterocycles. The predicted octanol–water partition coefficient (Wildman–Crippen LogP) is 3.50. The van der Waals surface area contributed by atoms with Crippen LogP contribution in [0.15, 0.2) is 29.3 Å². The molecule has 0 unspecified atom stereocenters. The first-order chi connectivity index (χ1) is 9.81. The number of para-hydroxylation sites is 1. The van der Waals surface area contributed by atoms with Crippen LogP contribution in [-0.2, 0) is 4.79 Å². The summed E-state index contributed by atoms with van der Waals surface area (Å²) >= 11 is 0. The Balaban J connectivity index is 2.05. The van der Waals surface area contributed by atoms with E-state index < -0.39 is 0 Å². The fourth-order valence-electron chi connectivity index (χ4n) is 2.68. The third-order valence-electron chi connectivity index (χ3n) is 3.76. The Morgan fingerprint density at radius 3 is 2.45 bits per heavy atom. The van der Waals surface area contributed by atoms with E-state index in [-0.39, 0.29) is 11.9 Å². The van der Waals surface area contributed by atoms with Gasteiger partial charge in [-0.05, 0) is 25.0 Å². The van der Waals surface area contributed by atoms with Gasteiger partial charge in [0.25, 0.3) is 5.91 Å². The van der Waals surface area contributed by atoms with Gasteiger partial charge in [-0.15, -0.1) is 0 Å². The van der Waals surface area contributed by atoms with Crippen LogP contribution in [0.5, 0.6) is 0 Å². The molecule has 1 aliphatic rings. The van der Waals surface area contributed by atoms with Crippen LogP contribution >= 0.6 is 0 Å². The second-order valence-corrected chi connectivity index (χ2v) is 5.24. The number of benzene rings is 1. The Bertz CT molecular complexity index is 499. The van der Waals surface area contributed by atoms with Gasteiger partial charge in [0.15, 0.2) is 0 Å².